The van der Waals surface area contributed by atoms with Crippen LogP contribution in [0.25, 0.3) is 10.9 Å². The number of nitrogens with zero attached hydrogens (tertiary/aromatic N) is 2. The van der Waals surface area contributed by atoms with E-state index in [0.717, 1.165) is 34.8 Å². The number of fused-ring (bicyclic) bond motifs is 1. The lowest BCUT2D eigenvalue weighted by atomic mass is 10.1. The second-order valence-corrected chi connectivity index (χ2v) is 14.9. The standard InChI is InChI=1S/C20H33N3O3Si/c1-14-11-16(21-19(24)26-20(3,4)5)12-17-15(2)22-23(18(14)17)13-25-9-10-27(6,7)8/h11-12H,9-10,13H2,1-8H3,(H,21,24). The number of aromatic nitrogens is 2. The zero-order chi connectivity index (χ0) is 20.4. The lowest BCUT2D eigenvalue weighted by Crippen LogP contribution is -2.27. The molecule has 0 unspecified atom stereocenters. The molecule has 0 fully saturated rings. The van der Waals surface area contributed by atoms with Crippen LogP contribution in [-0.4, -0.2) is 36.2 Å². The molecule has 0 radical (unpaired) electrons. The normalized spacial score (nSPS) is 12.4. The second-order valence-electron chi connectivity index (χ2n) is 9.25. The highest BCUT2D eigenvalue weighted by Gasteiger charge is 2.18. The van der Waals surface area contributed by atoms with Gasteiger partial charge in [0.2, 0.25) is 0 Å². The summed E-state index contributed by atoms with van der Waals surface area (Å²) in [6, 6.07) is 5.01. The van der Waals surface area contributed by atoms with Crippen LogP contribution in [0.4, 0.5) is 10.5 Å². The van der Waals surface area contributed by atoms with E-state index >= 15 is 0 Å². The number of ether oxygens (including phenoxy) is 2. The number of hydrogen-bond donors (Lipinski definition) is 1. The Balaban J connectivity index is 2.16. The molecule has 0 atom stereocenters. The molecule has 1 aromatic carbocycles. The number of rotatable bonds is 6. The molecule has 0 aliphatic rings. The van der Waals surface area contributed by atoms with Crippen LogP contribution in [0.1, 0.15) is 32.0 Å². The molecule has 0 aliphatic heterocycles. The van der Waals surface area contributed by atoms with Gasteiger partial charge >= 0.3 is 6.09 Å². The summed E-state index contributed by atoms with van der Waals surface area (Å²) in [6.45, 7) is 17.7. The van der Waals surface area contributed by atoms with E-state index < -0.39 is 19.8 Å². The van der Waals surface area contributed by atoms with Crippen LogP contribution in [0.3, 0.4) is 0 Å². The Morgan fingerprint density at radius 2 is 1.89 bits per heavy atom. The third-order valence-corrected chi connectivity index (χ3v) is 5.78. The first kappa shape index (κ1) is 21.4. The van der Waals surface area contributed by atoms with Crippen LogP contribution >= 0.6 is 0 Å². The highest BCUT2D eigenvalue weighted by Crippen LogP contribution is 2.27. The van der Waals surface area contributed by atoms with Crippen LogP contribution < -0.4 is 5.32 Å². The molecule has 150 valence electrons. The maximum absolute atomic E-state index is 12.1. The maximum atomic E-state index is 12.1. The first-order valence-corrected chi connectivity index (χ1v) is 13.1. The van der Waals surface area contributed by atoms with Gasteiger partial charge in [-0.3, -0.25) is 5.32 Å². The summed E-state index contributed by atoms with van der Waals surface area (Å²) >= 11 is 0. The molecule has 0 saturated carbocycles. The van der Waals surface area contributed by atoms with Gasteiger partial charge in [-0.1, -0.05) is 19.6 Å². The Kier molecular flexibility index (Phi) is 6.37. The molecule has 1 heterocycles. The predicted octanol–water partition coefficient (Wildman–Crippen LogP) is 5.31. The topological polar surface area (TPSA) is 65.4 Å². The van der Waals surface area contributed by atoms with E-state index in [1.165, 1.54) is 0 Å². The zero-order valence-corrected chi connectivity index (χ0v) is 18.9. The fourth-order valence-corrected chi connectivity index (χ4v) is 3.56. The summed E-state index contributed by atoms with van der Waals surface area (Å²) in [7, 11) is -1.10. The van der Waals surface area contributed by atoms with E-state index in [1.807, 2.05) is 51.4 Å². The zero-order valence-electron chi connectivity index (χ0n) is 17.9. The summed E-state index contributed by atoms with van der Waals surface area (Å²) in [5.74, 6) is 0. The van der Waals surface area contributed by atoms with Crippen molar-refractivity contribution in [3.05, 3.63) is 23.4 Å². The van der Waals surface area contributed by atoms with Crippen LogP contribution in [-0.2, 0) is 16.2 Å². The Bertz CT molecular complexity index is 816. The fraction of sp³-hybridized carbons (Fsp3) is 0.600. The Morgan fingerprint density at radius 1 is 1.22 bits per heavy atom. The van der Waals surface area contributed by atoms with Crippen molar-refractivity contribution in [1.82, 2.24) is 9.78 Å². The van der Waals surface area contributed by atoms with Gasteiger partial charge in [0.15, 0.2) is 0 Å². The van der Waals surface area contributed by atoms with E-state index in [0.29, 0.717) is 12.4 Å². The molecule has 27 heavy (non-hydrogen) atoms. The third kappa shape index (κ3) is 6.36. The van der Waals surface area contributed by atoms with Gasteiger partial charge < -0.3 is 9.47 Å². The lowest BCUT2D eigenvalue weighted by molar-refractivity contribution is 0.0636. The maximum Gasteiger partial charge on any atom is 0.412 e. The van der Waals surface area contributed by atoms with Crippen molar-refractivity contribution in [3.63, 3.8) is 0 Å². The van der Waals surface area contributed by atoms with Crippen molar-refractivity contribution in [2.45, 2.75) is 72.6 Å². The number of anilines is 1. The van der Waals surface area contributed by atoms with Gasteiger partial charge in [0.1, 0.15) is 12.3 Å². The lowest BCUT2D eigenvalue weighted by Gasteiger charge is -2.20. The van der Waals surface area contributed by atoms with Gasteiger partial charge in [-0.25, -0.2) is 9.48 Å². The van der Waals surface area contributed by atoms with Gasteiger partial charge in [-0.05, 0) is 58.4 Å². The molecule has 0 spiro atoms. The summed E-state index contributed by atoms with van der Waals surface area (Å²) in [4.78, 5) is 12.1. The minimum absolute atomic E-state index is 0.439. The summed E-state index contributed by atoms with van der Waals surface area (Å²) < 4.78 is 13.1. The number of hydrogen-bond acceptors (Lipinski definition) is 4. The number of aryl methyl sites for hydroxylation is 2. The van der Waals surface area contributed by atoms with Gasteiger partial charge in [0.05, 0.1) is 11.2 Å². The van der Waals surface area contributed by atoms with Crippen LogP contribution in [0, 0.1) is 13.8 Å². The van der Waals surface area contributed by atoms with Crippen molar-refractivity contribution in [3.8, 4) is 0 Å². The molecule has 1 aromatic heterocycles. The van der Waals surface area contributed by atoms with Crippen molar-refractivity contribution in [2.75, 3.05) is 11.9 Å². The van der Waals surface area contributed by atoms with Gasteiger partial charge in [0.25, 0.3) is 0 Å². The van der Waals surface area contributed by atoms with Gasteiger partial charge in [-0.2, -0.15) is 5.10 Å². The van der Waals surface area contributed by atoms with Crippen LogP contribution in [0.2, 0.25) is 25.7 Å². The molecular weight excluding hydrogens is 358 g/mol. The summed E-state index contributed by atoms with van der Waals surface area (Å²) in [5, 5.41) is 8.44. The molecule has 0 bridgehead atoms. The van der Waals surface area contributed by atoms with Crippen LogP contribution in [0.5, 0.6) is 0 Å². The number of nitrogens with one attached hydrogen (secondary N) is 1. The van der Waals surface area contributed by atoms with Crippen molar-refractivity contribution >= 4 is 30.8 Å². The predicted molar refractivity (Wildman–Crippen MR) is 113 cm³/mol. The molecule has 2 aromatic rings. The number of carbonyl (C=O) groups is 1. The van der Waals surface area contributed by atoms with Crippen molar-refractivity contribution in [2.24, 2.45) is 0 Å². The molecule has 1 N–H and O–H groups in total. The van der Waals surface area contributed by atoms with E-state index in [2.05, 4.69) is 30.1 Å². The largest absolute Gasteiger partial charge is 0.444 e. The second kappa shape index (κ2) is 8.02. The number of carbonyl (C=O) groups excluding carboxylic acids is 1. The van der Waals surface area contributed by atoms with E-state index in [1.54, 1.807) is 0 Å². The molecular formula is C20H33N3O3Si. The molecule has 7 heteroatoms. The minimum atomic E-state index is -1.10. The highest BCUT2D eigenvalue weighted by molar-refractivity contribution is 6.76. The molecule has 0 aliphatic carbocycles. The van der Waals surface area contributed by atoms with Crippen molar-refractivity contribution < 1.29 is 14.3 Å². The first-order chi connectivity index (χ1) is 12.4. The molecule has 0 saturated heterocycles. The molecule has 6 nitrogen and oxygen atoms in total. The minimum Gasteiger partial charge on any atom is -0.444 e. The highest BCUT2D eigenvalue weighted by atomic mass is 28.3. The average molecular weight is 392 g/mol. The third-order valence-electron chi connectivity index (χ3n) is 4.07. The Hall–Kier alpha value is -1.86. The monoisotopic (exact) mass is 391 g/mol. The molecule has 2 rings (SSSR count). The average Bonchev–Trinajstić information content (AvgIpc) is 2.77. The van der Waals surface area contributed by atoms with Gasteiger partial charge in [-0.15, -0.1) is 0 Å². The Labute approximate surface area is 163 Å². The number of benzene rings is 1. The quantitative estimate of drug-likeness (QED) is 0.535. The first-order valence-electron chi connectivity index (χ1n) is 9.41. The SMILES string of the molecule is Cc1nn(COCC[Si](C)(C)C)c2c(C)cc(NC(=O)OC(C)(C)C)cc12. The van der Waals surface area contributed by atoms with Gasteiger partial charge in [0, 0.05) is 25.8 Å². The number of amides is 1. The van der Waals surface area contributed by atoms with E-state index in [4.69, 9.17) is 9.47 Å². The Morgan fingerprint density at radius 3 is 2.48 bits per heavy atom. The summed E-state index contributed by atoms with van der Waals surface area (Å²) in [5.41, 5.74) is 3.16. The van der Waals surface area contributed by atoms with E-state index in [9.17, 15) is 4.79 Å². The fourth-order valence-electron chi connectivity index (χ4n) is 2.80. The molecule has 1 amide bonds. The van der Waals surface area contributed by atoms with Crippen molar-refractivity contribution in [1.29, 1.82) is 0 Å². The van der Waals surface area contributed by atoms with Crippen LogP contribution in [0.15, 0.2) is 12.1 Å². The summed E-state index contributed by atoms with van der Waals surface area (Å²) in [6.07, 6.45) is -0.457. The van der Waals surface area contributed by atoms with E-state index in [-0.39, 0.29) is 0 Å². The smallest absolute Gasteiger partial charge is 0.412 e.